The molecule has 0 saturated heterocycles. The van der Waals surface area contributed by atoms with Gasteiger partial charge in [0.2, 0.25) is 0 Å². The Morgan fingerprint density at radius 3 is 2.93 bits per heavy atom. The van der Waals surface area contributed by atoms with Gasteiger partial charge < -0.3 is 4.74 Å². The SMILES string of the molecule is COC(=O)c1ccc2cc(I)cnc2c1. The summed E-state index contributed by atoms with van der Waals surface area (Å²) in [7, 11) is 1.37. The smallest absolute Gasteiger partial charge is 0.337 e. The second-order valence-corrected chi connectivity index (χ2v) is 4.30. The van der Waals surface area contributed by atoms with Crippen molar-refractivity contribution in [3.05, 3.63) is 39.6 Å². The molecule has 2 rings (SSSR count). The third kappa shape index (κ3) is 2.09. The number of esters is 1. The fourth-order valence-corrected chi connectivity index (χ4v) is 1.81. The molecule has 1 heterocycles. The van der Waals surface area contributed by atoms with Crippen LogP contribution in [-0.4, -0.2) is 18.1 Å². The van der Waals surface area contributed by atoms with Crippen molar-refractivity contribution in [2.75, 3.05) is 7.11 Å². The van der Waals surface area contributed by atoms with Crippen molar-refractivity contribution < 1.29 is 9.53 Å². The van der Waals surface area contributed by atoms with Crippen molar-refractivity contribution in [3.63, 3.8) is 0 Å². The van der Waals surface area contributed by atoms with E-state index in [0.29, 0.717) is 5.56 Å². The van der Waals surface area contributed by atoms with Crippen LogP contribution in [0.3, 0.4) is 0 Å². The minimum absolute atomic E-state index is 0.336. The molecule has 76 valence electrons. The van der Waals surface area contributed by atoms with Gasteiger partial charge in [0.25, 0.3) is 0 Å². The molecule has 0 saturated carbocycles. The van der Waals surface area contributed by atoms with Gasteiger partial charge in [0, 0.05) is 15.2 Å². The number of fused-ring (bicyclic) bond motifs is 1. The Morgan fingerprint density at radius 1 is 1.40 bits per heavy atom. The Kier molecular flexibility index (Phi) is 2.86. The lowest BCUT2D eigenvalue weighted by atomic mass is 10.1. The maximum absolute atomic E-state index is 11.3. The molecule has 0 unspecified atom stereocenters. The number of hydrogen-bond acceptors (Lipinski definition) is 3. The summed E-state index contributed by atoms with van der Waals surface area (Å²) in [6.45, 7) is 0. The average Bonchev–Trinajstić information content (AvgIpc) is 2.27. The minimum Gasteiger partial charge on any atom is -0.465 e. The second kappa shape index (κ2) is 4.14. The van der Waals surface area contributed by atoms with Crippen molar-refractivity contribution in [2.45, 2.75) is 0 Å². The Hall–Kier alpha value is -1.17. The molecule has 0 bridgehead atoms. The lowest BCUT2D eigenvalue weighted by molar-refractivity contribution is 0.0601. The van der Waals surface area contributed by atoms with Gasteiger partial charge in [0.15, 0.2) is 0 Å². The zero-order chi connectivity index (χ0) is 10.8. The van der Waals surface area contributed by atoms with Gasteiger partial charge in [-0.1, -0.05) is 6.07 Å². The summed E-state index contributed by atoms with van der Waals surface area (Å²) in [5.74, 6) is -0.336. The van der Waals surface area contributed by atoms with Crippen LogP contribution in [0, 0.1) is 3.57 Å². The van der Waals surface area contributed by atoms with E-state index in [4.69, 9.17) is 0 Å². The van der Waals surface area contributed by atoms with Gasteiger partial charge in [0.1, 0.15) is 0 Å². The molecule has 4 heteroatoms. The molecule has 0 aliphatic heterocycles. The van der Waals surface area contributed by atoms with Gasteiger partial charge in [-0.15, -0.1) is 0 Å². The van der Waals surface area contributed by atoms with E-state index in [2.05, 4.69) is 32.3 Å². The summed E-state index contributed by atoms with van der Waals surface area (Å²) >= 11 is 2.20. The first kappa shape index (κ1) is 10.4. The number of methoxy groups -OCH3 is 1. The molecule has 0 N–H and O–H groups in total. The lowest BCUT2D eigenvalue weighted by Crippen LogP contribution is -2.00. The maximum Gasteiger partial charge on any atom is 0.337 e. The van der Waals surface area contributed by atoms with E-state index < -0.39 is 0 Å². The maximum atomic E-state index is 11.3. The molecule has 2 aromatic rings. The number of aromatic nitrogens is 1. The number of benzene rings is 1. The number of carbonyl (C=O) groups excluding carboxylic acids is 1. The van der Waals surface area contributed by atoms with E-state index >= 15 is 0 Å². The Morgan fingerprint density at radius 2 is 2.20 bits per heavy atom. The Balaban J connectivity index is 2.57. The van der Waals surface area contributed by atoms with Crippen LogP contribution in [0.25, 0.3) is 10.9 Å². The predicted molar refractivity (Wildman–Crippen MR) is 65.8 cm³/mol. The highest BCUT2D eigenvalue weighted by Crippen LogP contribution is 2.16. The summed E-state index contributed by atoms with van der Waals surface area (Å²) in [6.07, 6.45) is 1.77. The van der Waals surface area contributed by atoms with Crippen molar-refractivity contribution >= 4 is 39.5 Å². The number of halogens is 1. The van der Waals surface area contributed by atoms with Crippen LogP contribution < -0.4 is 0 Å². The standard InChI is InChI=1S/C11H8INO2/c1-15-11(14)8-3-2-7-4-9(12)6-13-10(7)5-8/h2-6H,1H3. The Bertz CT molecular complexity index is 525. The van der Waals surface area contributed by atoms with E-state index in [1.54, 1.807) is 18.3 Å². The number of nitrogens with zero attached hydrogens (tertiary/aromatic N) is 1. The van der Waals surface area contributed by atoms with E-state index in [-0.39, 0.29) is 5.97 Å². The van der Waals surface area contributed by atoms with Crippen LogP contribution in [0.4, 0.5) is 0 Å². The van der Waals surface area contributed by atoms with Crippen molar-refractivity contribution in [3.8, 4) is 0 Å². The quantitative estimate of drug-likeness (QED) is 0.600. The first-order valence-electron chi connectivity index (χ1n) is 4.34. The molecular formula is C11H8INO2. The van der Waals surface area contributed by atoms with Crippen molar-refractivity contribution in [1.82, 2.24) is 4.98 Å². The lowest BCUT2D eigenvalue weighted by Gasteiger charge is -2.01. The zero-order valence-corrected chi connectivity index (χ0v) is 10.2. The van der Waals surface area contributed by atoms with E-state index in [0.717, 1.165) is 14.5 Å². The van der Waals surface area contributed by atoms with Crippen LogP contribution in [0.15, 0.2) is 30.5 Å². The molecule has 1 aromatic carbocycles. The topological polar surface area (TPSA) is 39.2 Å². The fraction of sp³-hybridized carbons (Fsp3) is 0.0909. The van der Waals surface area contributed by atoms with Gasteiger partial charge in [-0.3, -0.25) is 4.98 Å². The molecule has 3 nitrogen and oxygen atoms in total. The molecule has 15 heavy (non-hydrogen) atoms. The number of ether oxygens (including phenoxy) is 1. The fourth-order valence-electron chi connectivity index (χ4n) is 1.34. The largest absolute Gasteiger partial charge is 0.465 e. The van der Waals surface area contributed by atoms with Crippen LogP contribution >= 0.6 is 22.6 Å². The monoisotopic (exact) mass is 313 g/mol. The highest BCUT2D eigenvalue weighted by Gasteiger charge is 2.06. The molecule has 0 radical (unpaired) electrons. The van der Waals surface area contributed by atoms with E-state index in [1.807, 2.05) is 12.1 Å². The van der Waals surface area contributed by atoms with Gasteiger partial charge in [-0.25, -0.2) is 4.79 Å². The van der Waals surface area contributed by atoms with Crippen LogP contribution in [-0.2, 0) is 4.74 Å². The van der Waals surface area contributed by atoms with Gasteiger partial charge >= 0.3 is 5.97 Å². The van der Waals surface area contributed by atoms with E-state index in [9.17, 15) is 4.79 Å². The van der Waals surface area contributed by atoms with Crippen molar-refractivity contribution in [2.24, 2.45) is 0 Å². The molecule has 0 amide bonds. The Labute approximate surface area is 101 Å². The van der Waals surface area contributed by atoms with Crippen LogP contribution in [0.1, 0.15) is 10.4 Å². The van der Waals surface area contributed by atoms with Crippen LogP contribution in [0.2, 0.25) is 0 Å². The molecule has 1 aromatic heterocycles. The summed E-state index contributed by atoms with van der Waals surface area (Å²) in [4.78, 5) is 15.5. The number of rotatable bonds is 1. The highest BCUT2D eigenvalue weighted by molar-refractivity contribution is 14.1. The second-order valence-electron chi connectivity index (χ2n) is 3.05. The summed E-state index contributed by atoms with van der Waals surface area (Å²) in [5, 5.41) is 1.02. The third-order valence-corrected chi connectivity index (χ3v) is 2.66. The zero-order valence-electron chi connectivity index (χ0n) is 8.03. The first-order valence-corrected chi connectivity index (χ1v) is 5.42. The molecule has 0 spiro atoms. The number of carbonyl (C=O) groups is 1. The summed E-state index contributed by atoms with van der Waals surface area (Å²) in [6, 6.07) is 7.36. The minimum atomic E-state index is -0.336. The summed E-state index contributed by atoms with van der Waals surface area (Å²) in [5.41, 5.74) is 1.33. The molecule has 0 fully saturated rings. The first-order chi connectivity index (χ1) is 7.20. The predicted octanol–water partition coefficient (Wildman–Crippen LogP) is 2.63. The van der Waals surface area contributed by atoms with Crippen molar-refractivity contribution in [1.29, 1.82) is 0 Å². The highest BCUT2D eigenvalue weighted by atomic mass is 127. The average molecular weight is 313 g/mol. The van der Waals surface area contributed by atoms with Gasteiger partial charge in [-0.05, 0) is 40.8 Å². The molecule has 0 aliphatic carbocycles. The number of hydrogen-bond donors (Lipinski definition) is 0. The molecule has 0 atom stereocenters. The van der Waals surface area contributed by atoms with Gasteiger partial charge in [-0.2, -0.15) is 0 Å². The van der Waals surface area contributed by atoms with Crippen LogP contribution in [0.5, 0.6) is 0 Å². The van der Waals surface area contributed by atoms with Gasteiger partial charge in [0.05, 0.1) is 18.2 Å². The summed E-state index contributed by atoms with van der Waals surface area (Å²) < 4.78 is 5.72. The normalized spacial score (nSPS) is 10.3. The third-order valence-electron chi connectivity index (χ3n) is 2.07. The number of pyridine rings is 1. The molecule has 0 aliphatic rings. The molecular weight excluding hydrogens is 305 g/mol. The van der Waals surface area contributed by atoms with E-state index in [1.165, 1.54) is 7.11 Å².